The maximum Gasteiger partial charge on any atom is 0.310 e. The van der Waals surface area contributed by atoms with Gasteiger partial charge in [-0.2, -0.15) is 5.26 Å². The number of aryl methyl sites for hydroxylation is 1. The molecule has 0 bridgehead atoms. The van der Waals surface area contributed by atoms with Crippen LogP contribution in [-0.4, -0.2) is 61.8 Å². The van der Waals surface area contributed by atoms with E-state index in [4.69, 9.17) is 19.4 Å². The van der Waals surface area contributed by atoms with Crippen molar-refractivity contribution in [3.05, 3.63) is 113 Å². The lowest BCUT2D eigenvalue weighted by atomic mass is 9.73. The van der Waals surface area contributed by atoms with Crippen molar-refractivity contribution in [2.75, 3.05) is 25.0 Å². The van der Waals surface area contributed by atoms with Gasteiger partial charge in [-0.15, -0.1) is 0 Å². The summed E-state index contributed by atoms with van der Waals surface area (Å²) in [6, 6.07) is 18.3. The van der Waals surface area contributed by atoms with E-state index in [9.17, 15) is 20.3 Å². The van der Waals surface area contributed by atoms with E-state index in [1.807, 2.05) is 42.6 Å². The number of nitrogens with one attached hydrogen (secondary N) is 2. The number of carboxylic acids is 1. The molecule has 1 fully saturated rings. The fourth-order valence-electron chi connectivity index (χ4n) is 7.26. The smallest absolute Gasteiger partial charge is 0.310 e. The maximum absolute atomic E-state index is 11.6. The summed E-state index contributed by atoms with van der Waals surface area (Å²) in [5.74, 6) is -0.159. The lowest BCUT2D eigenvalue weighted by molar-refractivity contribution is -0.146. The maximum atomic E-state index is 11.6. The van der Waals surface area contributed by atoms with Crippen molar-refractivity contribution in [2.45, 2.75) is 58.8 Å². The standard InChI is InChI=1S/C41H43N7O4/c1-25-8-5-6-9-32(25)33-10-7-13-41(26(33)2,47-37-35-29(11-14-44-37)17-28(21-45-35)22-48-15-12-31(49)23-48)38-46-34-18-27(16-30(19-42)36(34)52-38)20-43-24-40(3,4)39(50)51/h5-11,13-14,16-18,21,26,31,43,49H,12,15,20,22-24H2,1-4H3,(H,44,47)(H,50,51)/t26-,31?,41?/m1/s1. The third-order valence-electron chi connectivity index (χ3n) is 10.4. The number of hydrogen-bond donors (Lipinski definition) is 4. The summed E-state index contributed by atoms with van der Waals surface area (Å²) in [5, 5.41) is 37.7. The monoisotopic (exact) mass is 697 g/mol. The number of carboxylic acid groups (broad SMARTS) is 1. The van der Waals surface area contributed by atoms with Crippen molar-refractivity contribution in [1.82, 2.24) is 25.2 Å². The molecule has 1 aliphatic carbocycles. The van der Waals surface area contributed by atoms with Crippen LogP contribution in [0.3, 0.4) is 0 Å². The molecule has 0 saturated carbocycles. The van der Waals surface area contributed by atoms with Crippen LogP contribution in [0, 0.1) is 29.6 Å². The van der Waals surface area contributed by atoms with Gasteiger partial charge in [0.2, 0.25) is 5.89 Å². The fourth-order valence-corrected chi connectivity index (χ4v) is 7.26. The van der Waals surface area contributed by atoms with Gasteiger partial charge in [-0.05, 0) is 85.4 Å². The Kier molecular flexibility index (Phi) is 9.40. The minimum absolute atomic E-state index is 0.213. The Balaban J connectivity index is 1.29. The van der Waals surface area contributed by atoms with Crippen LogP contribution in [0.5, 0.6) is 0 Å². The van der Waals surface area contributed by atoms with Crippen LogP contribution in [0.4, 0.5) is 5.82 Å². The number of fused-ring (bicyclic) bond motifs is 2. The molecular weight excluding hydrogens is 654 g/mol. The first-order valence-electron chi connectivity index (χ1n) is 17.6. The number of aliphatic hydroxyl groups is 1. The molecule has 11 heteroatoms. The van der Waals surface area contributed by atoms with Gasteiger partial charge in [0.25, 0.3) is 0 Å². The molecule has 2 aromatic carbocycles. The minimum atomic E-state index is -1.03. The van der Waals surface area contributed by atoms with Gasteiger partial charge in [0, 0.05) is 56.4 Å². The topological polar surface area (TPSA) is 160 Å². The third kappa shape index (κ3) is 6.68. The SMILES string of the molecule is Cc1ccccc1C1=CC=CC(Nc2nccc3cc(CN4CCC(O)C4)cnc23)(c2nc3cc(CNCC(C)(C)C(=O)O)cc(C#N)c3o2)[C@@H]1C. The second-order valence-electron chi connectivity index (χ2n) is 14.7. The highest BCUT2D eigenvalue weighted by Gasteiger charge is 2.45. The molecule has 3 aromatic heterocycles. The number of aromatic nitrogens is 3. The Morgan fingerprint density at radius 3 is 2.75 bits per heavy atom. The van der Waals surface area contributed by atoms with Crippen LogP contribution < -0.4 is 10.6 Å². The number of carbonyl (C=O) groups is 1. The Labute approximate surface area is 302 Å². The molecule has 5 aromatic rings. The van der Waals surface area contributed by atoms with Crippen LogP contribution in [0.25, 0.3) is 27.6 Å². The zero-order valence-electron chi connectivity index (χ0n) is 29.8. The Morgan fingerprint density at radius 1 is 1.17 bits per heavy atom. The number of aliphatic carboxylic acids is 1. The Hall–Kier alpha value is -5.41. The van der Waals surface area contributed by atoms with E-state index >= 15 is 0 Å². The number of β-amino-alcohol motifs (C(OH)–C–C–N with tert-alkyl or cyclic N) is 1. The van der Waals surface area contributed by atoms with Gasteiger partial charge in [-0.25, -0.2) is 9.97 Å². The van der Waals surface area contributed by atoms with Gasteiger partial charge >= 0.3 is 5.97 Å². The first-order valence-corrected chi connectivity index (χ1v) is 17.6. The van der Waals surface area contributed by atoms with Crippen molar-refractivity contribution in [1.29, 1.82) is 5.26 Å². The summed E-state index contributed by atoms with van der Waals surface area (Å²) in [6.07, 6.45) is 10.3. The number of rotatable bonds is 11. The molecule has 1 saturated heterocycles. The number of nitrogens with zero attached hydrogens (tertiary/aromatic N) is 5. The minimum Gasteiger partial charge on any atom is -0.481 e. The van der Waals surface area contributed by atoms with Crippen molar-refractivity contribution < 1.29 is 19.4 Å². The van der Waals surface area contributed by atoms with E-state index in [1.54, 1.807) is 26.1 Å². The van der Waals surface area contributed by atoms with E-state index in [-0.39, 0.29) is 18.6 Å². The number of oxazole rings is 1. The quantitative estimate of drug-likeness (QED) is 0.122. The van der Waals surface area contributed by atoms with E-state index in [0.29, 0.717) is 53.5 Å². The number of nitriles is 1. The summed E-state index contributed by atoms with van der Waals surface area (Å²) in [5.41, 5.74) is 5.15. The highest BCUT2D eigenvalue weighted by atomic mass is 16.4. The molecular formula is C41H43N7O4. The van der Waals surface area contributed by atoms with Crippen molar-refractivity contribution >= 4 is 39.4 Å². The van der Waals surface area contributed by atoms with Crippen LogP contribution in [-0.2, 0) is 23.4 Å². The average Bonchev–Trinajstić information content (AvgIpc) is 3.75. The molecule has 266 valence electrons. The summed E-state index contributed by atoms with van der Waals surface area (Å²) in [7, 11) is 0. The molecule has 7 rings (SSSR count). The number of likely N-dealkylation sites (tertiary alicyclic amines) is 1. The summed E-state index contributed by atoms with van der Waals surface area (Å²) in [4.78, 5) is 28.6. The van der Waals surface area contributed by atoms with Gasteiger partial charge in [0.05, 0.1) is 17.1 Å². The van der Waals surface area contributed by atoms with Gasteiger partial charge in [0.1, 0.15) is 22.6 Å². The predicted molar refractivity (Wildman–Crippen MR) is 200 cm³/mol. The van der Waals surface area contributed by atoms with E-state index in [2.05, 4.69) is 59.7 Å². The normalized spacial score (nSPS) is 20.7. The molecule has 2 unspecified atom stereocenters. The molecule has 0 amide bonds. The van der Waals surface area contributed by atoms with Crippen molar-refractivity contribution in [3.63, 3.8) is 0 Å². The van der Waals surface area contributed by atoms with Gasteiger partial charge in [-0.3, -0.25) is 14.7 Å². The molecule has 0 radical (unpaired) electrons. The zero-order valence-corrected chi connectivity index (χ0v) is 29.8. The van der Waals surface area contributed by atoms with Gasteiger partial charge in [-0.1, -0.05) is 43.3 Å². The largest absolute Gasteiger partial charge is 0.481 e. The second-order valence-corrected chi connectivity index (χ2v) is 14.7. The molecule has 0 spiro atoms. The summed E-state index contributed by atoms with van der Waals surface area (Å²) < 4.78 is 6.60. The van der Waals surface area contributed by atoms with Crippen LogP contribution in [0.1, 0.15) is 60.9 Å². The predicted octanol–water partition coefficient (Wildman–Crippen LogP) is 6.32. The van der Waals surface area contributed by atoms with Crippen LogP contribution in [0.2, 0.25) is 0 Å². The Bertz CT molecular complexity index is 2270. The second kappa shape index (κ2) is 14.0. The highest BCUT2D eigenvalue weighted by Crippen LogP contribution is 2.46. The number of hydrogen-bond acceptors (Lipinski definition) is 10. The van der Waals surface area contributed by atoms with E-state index < -0.39 is 16.9 Å². The molecule has 4 N–H and O–H groups in total. The molecule has 3 atom stereocenters. The van der Waals surface area contributed by atoms with Crippen LogP contribution in [0.15, 0.2) is 83.6 Å². The number of pyridine rings is 2. The zero-order chi connectivity index (χ0) is 36.6. The van der Waals surface area contributed by atoms with Gasteiger partial charge < -0.3 is 25.3 Å². The number of allylic oxidation sites excluding steroid dienone is 2. The molecule has 11 nitrogen and oxygen atoms in total. The van der Waals surface area contributed by atoms with Crippen molar-refractivity contribution in [3.8, 4) is 6.07 Å². The lowest BCUT2D eigenvalue weighted by Crippen LogP contribution is -2.42. The molecule has 2 aliphatic rings. The molecule has 4 heterocycles. The molecule has 1 aliphatic heterocycles. The Morgan fingerprint density at radius 2 is 2.00 bits per heavy atom. The number of anilines is 1. The highest BCUT2D eigenvalue weighted by molar-refractivity contribution is 5.89. The molecule has 52 heavy (non-hydrogen) atoms. The van der Waals surface area contributed by atoms with Crippen LogP contribution >= 0.6 is 0 Å². The number of benzene rings is 2. The summed E-state index contributed by atoms with van der Waals surface area (Å²) >= 11 is 0. The number of aliphatic hydroxyl groups excluding tert-OH is 1. The van der Waals surface area contributed by atoms with Crippen molar-refractivity contribution in [2.24, 2.45) is 11.3 Å². The summed E-state index contributed by atoms with van der Waals surface area (Å²) in [6.45, 7) is 10.4. The van der Waals surface area contributed by atoms with E-state index in [1.165, 1.54) is 0 Å². The lowest BCUT2D eigenvalue weighted by Gasteiger charge is -2.39. The van der Waals surface area contributed by atoms with Gasteiger partial charge in [0.15, 0.2) is 11.4 Å². The van der Waals surface area contributed by atoms with E-state index in [0.717, 1.165) is 46.2 Å². The first-order chi connectivity index (χ1) is 25.0. The fraction of sp³-hybridized carbons (Fsp3) is 0.341. The first kappa shape index (κ1) is 35.0. The third-order valence-corrected chi connectivity index (χ3v) is 10.4. The average molecular weight is 698 g/mol.